The van der Waals surface area contributed by atoms with Crippen molar-refractivity contribution in [3.8, 4) is 16.9 Å². The van der Waals surface area contributed by atoms with Crippen molar-refractivity contribution < 1.29 is 19.0 Å². The summed E-state index contributed by atoms with van der Waals surface area (Å²) in [7, 11) is 0. The van der Waals surface area contributed by atoms with Gasteiger partial charge in [0.1, 0.15) is 17.4 Å². The molecule has 0 aliphatic carbocycles. The fraction of sp³-hybridized carbons (Fsp3) is 0.250. The molecule has 1 fully saturated rings. The molecule has 0 aromatic heterocycles. The summed E-state index contributed by atoms with van der Waals surface area (Å²) in [5.74, 6) is -0.449. The van der Waals surface area contributed by atoms with E-state index in [1.807, 2.05) is 6.07 Å². The first-order valence-electron chi connectivity index (χ1n) is 9.82. The van der Waals surface area contributed by atoms with E-state index in [9.17, 15) is 19.0 Å². The SMILES string of the molecule is Oc1ccc(-c2ccc(F)cc2)c(N2CCC2)c1CC[C@@H](O)c1ccc(F)cc1. The Morgan fingerprint density at radius 3 is 2.07 bits per heavy atom. The number of aromatic hydroxyl groups is 1. The number of rotatable bonds is 6. The summed E-state index contributed by atoms with van der Waals surface area (Å²) in [5.41, 5.74) is 4.18. The average molecular weight is 395 g/mol. The maximum Gasteiger partial charge on any atom is 0.123 e. The van der Waals surface area contributed by atoms with Gasteiger partial charge in [0, 0.05) is 24.2 Å². The first kappa shape index (κ1) is 19.4. The highest BCUT2D eigenvalue weighted by Gasteiger charge is 2.24. The van der Waals surface area contributed by atoms with Gasteiger partial charge in [0.2, 0.25) is 0 Å². The van der Waals surface area contributed by atoms with Crippen LogP contribution in [0.1, 0.15) is 30.1 Å². The third-order valence-electron chi connectivity index (χ3n) is 5.51. The van der Waals surface area contributed by atoms with E-state index in [0.29, 0.717) is 18.4 Å². The average Bonchev–Trinajstić information content (AvgIpc) is 2.67. The number of anilines is 1. The molecule has 4 rings (SSSR count). The van der Waals surface area contributed by atoms with Crippen LogP contribution in [0.15, 0.2) is 60.7 Å². The molecule has 3 aromatic rings. The van der Waals surface area contributed by atoms with Gasteiger partial charge in [-0.05, 0) is 66.8 Å². The Hall–Kier alpha value is -2.92. The molecular weight excluding hydrogens is 372 g/mol. The van der Waals surface area contributed by atoms with Crippen LogP contribution < -0.4 is 4.90 Å². The van der Waals surface area contributed by atoms with E-state index < -0.39 is 6.10 Å². The number of halogens is 2. The Balaban J connectivity index is 1.65. The van der Waals surface area contributed by atoms with Crippen molar-refractivity contribution in [2.45, 2.75) is 25.4 Å². The van der Waals surface area contributed by atoms with Crippen molar-refractivity contribution in [1.29, 1.82) is 0 Å². The lowest BCUT2D eigenvalue weighted by atomic mass is 9.92. The minimum absolute atomic E-state index is 0.184. The Kier molecular flexibility index (Phi) is 5.49. The van der Waals surface area contributed by atoms with Gasteiger partial charge in [-0.3, -0.25) is 0 Å². The van der Waals surface area contributed by atoms with E-state index in [2.05, 4.69) is 4.90 Å². The number of hydrogen-bond donors (Lipinski definition) is 2. The highest BCUT2D eigenvalue weighted by Crippen LogP contribution is 2.41. The third kappa shape index (κ3) is 4.10. The molecular formula is C24H23F2NO2. The minimum Gasteiger partial charge on any atom is -0.508 e. The molecule has 29 heavy (non-hydrogen) atoms. The van der Waals surface area contributed by atoms with Crippen molar-refractivity contribution in [1.82, 2.24) is 0 Å². The number of benzene rings is 3. The first-order chi connectivity index (χ1) is 14.0. The zero-order chi connectivity index (χ0) is 20.4. The van der Waals surface area contributed by atoms with Crippen LogP contribution in [0.25, 0.3) is 11.1 Å². The van der Waals surface area contributed by atoms with Crippen molar-refractivity contribution in [3.63, 3.8) is 0 Å². The van der Waals surface area contributed by atoms with Gasteiger partial charge < -0.3 is 15.1 Å². The number of nitrogens with zero attached hydrogens (tertiary/aromatic N) is 1. The standard InChI is InChI=1S/C24H23F2NO2/c25-18-6-2-16(3-7-18)20-10-13-23(29)21(24(20)27-14-1-15-27)11-12-22(28)17-4-8-19(26)9-5-17/h2-10,13,22,28-29H,1,11-12,14-15H2/t22-/m1/s1. The van der Waals surface area contributed by atoms with E-state index in [4.69, 9.17) is 0 Å². The van der Waals surface area contributed by atoms with Gasteiger partial charge in [-0.25, -0.2) is 8.78 Å². The van der Waals surface area contributed by atoms with Gasteiger partial charge >= 0.3 is 0 Å². The summed E-state index contributed by atoms with van der Waals surface area (Å²) in [4.78, 5) is 2.21. The van der Waals surface area contributed by atoms with Gasteiger partial charge in [0.05, 0.1) is 11.8 Å². The third-order valence-corrected chi connectivity index (χ3v) is 5.51. The van der Waals surface area contributed by atoms with Crippen LogP contribution in [0.5, 0.6) is 5.75 Å². The Morgan fingerprint density at radius 1 is 0.862 bits per heavy atom. The maximum absolute atomic E-state index is 13.4. The number of hydrogen-bond acceptors (Lipinski definition) is 3. The second-order valence-corrected chi connectivity index (χ2v) is 7.41. The van der Waals surface area contributed by atoms with Crippen LogP contribution in [-0.2, 0) is 6.42 Å². The summed E-state index contributed by atoms with van der Waals surface area (Å²) < 4.78 is 26.5. The summed E-state index contributed by atoms with van der Waals surface area (Å²) in [6.45, 7) is 1.79. The van der Waals surface area contributed by atoms with Crippen LogP contribution in [0.4, 0.5) is 14.5 Å². The molecule has 0 radical (unpaired) electrons. The topological polar surface area (TPSA) is 43.7 Å². The van der Waals surface area contributed by atoms with E-state index in [1.165, 1.54) is 24.3 Å². The second-order valence-electron chi connectivity index (χ2n) is 7.41. The molecule has 1 heterocycles. The number of phenols is 1. The summed E-state index contributed by atoms with van der Waals surface area (Å²) in [5, 5.41) is 21.1. The zero-order valence-corrected chi connectivity index (χ0v) is 16.0. The second kappa shape index (κ2) is 8.21. The van der Waals surface area contributed by atoms with Crippen molar-refractivity contribution in [2.75, 3.05) is 18.0 Å². The lowest BCUT2D eigenvalue weighted by molar-refractivity contribution is 0.167. The summed E-state index contributed by atoms with van der Waals surface area (Å²) in [6.07, 6.45) is 1.18. The monoisotopic (exact) mass is 395 g/mol. The van der Waals surface area contributed by atoms with Gasteiger partial charge in [0.25, 0.3) is 0 Å². The van der Waals surface area contributed by atoms with Crippen molar-refractivity contribution in [3.05, 3.63) is 83.4 Å². The lowest BCUT2D eigenvalue weighted by Gasteiger charge is -2.37. The van der Waals surface area contributed by atoms with Crippen LogP contribution in [-0.4, -0.2) is 23.3 Å². The van der Waals surface area contributed by atoms with Crippen molar-refractivity contribution in [2.24, 2.45) is 0 Å². The Labute approximate surface area is 168 Å². The first-order valence-corrected chi connectivity index (χ1v) is 9.82. The highest BCUT2D eigenvalue weighted by atomic mass is 19.1. The molecule has 5 heteroatoms. The maximum atomic E-state index is 13.4. The molecule has 0 unspecified atom stereocenters. The van der Waals surface area contributed by atoms with Crippen LogP contribution in [0, 0.1) is 11.6 Å². The predicted molar refractivity (Wildman–Crippen MR) is 110 cm³/mol. The minimum atomic E-state index is -0.756. The predicted octanol–water partition coefficient (Wildman–Crippen LogP) is 5.21. The Morgan fingerprint density at radius 2 is 1.48 bits per heavy atom. The Bertz CT molecular complexity index is 983. The van der Waals surface area contributed by atoms with Gasteiger partial charge in [-0.15, -0.1) is 0 Å². The molecule has 1 aliphatic rings. The molecule has 150 valence electrons. The normalized spacial score (nSPS) is 14.5. The summed E-state index contributed by atoms with van der Waals surface area (Å²) in [6, 6.07) is 15.7. The van der Waals surface area contributed by atoms with E-state index in [-0.39, 0.29) is 17.4 Å². The van der Waals surface area contributed by atoms with Crippen molar-refractivity contribution >= 4 is 5.69 Å². The number of phenolic OH excluding ortho intramolecular Hbond substituents is 1. The van der Waals surface area contributed by atoms with Crippen LogP contribution >= 0.6 is 0 Å². The smallest absolute Gasteiger partial charge is 0.123 e. The van der Waals surface area contributed by atoms with Gasteiger partial charge in [0.15, 0.2) is 0 Å². The molecule has 0 spiro atoms. The quantitative estimate of drug-likeness (QED) is 0.602. The largest absolute Gasteiger partial charge is 0.508 e. The zero-order valence-electron chi connectivity index (χ0n) is 16.0. The van der Waals surface area contributed by atoms with Gasteiger partial charge in [-0.2, -0.15) is 0 Å². The van der Waals surface area contributed by atoms with E-state index >= 15 is 0 Å². The number of aliphatic hydroxyl groups is 1. The fourth-order valence-corrected chi connectivity index (χ4v) is 3.77. The molecule has 1 saturated heterocycles. The molecule has 2 N–H and O–H groups in total. The molecule has 0 bridgehead atoms. The summed E-state index contributed by atoms with van der Waals surface area (Å²) >= 11 is 0. The molecule has 1 aliphatic heterocycles. The molecule has 3 nitrogen and oxygen atoms in total. The lowest BCUT2D eigenvalue weighted by Crippen LogP contribution is -2.38. The van der Waals surface area contributed by atoms with Gasteiger partial charge in [-0.1, -0.05) is 24.3 Å². The fourth-order valence-electron chi connectivity index (χ4n) is 3.77. The molecule has 1 atom stereocenters. The van der Waals surface area contributed by atoms with E-state index in [0.717, 1.165) is 41.9 Å². The molecule has 0 saturated carbocycles. The van der Waals surface area contributed by atoms with Crippen LogP contribution in [0.3, 0.4) is 0 Å². The molecule has 3 aromatic carbocycles. The number of aliphatic hydroxyl groups excluding tert-OH is 1. The van der Waals surface area contributed by atoms with E-state index in [1.54, 1.807) is 30.3 Å². The molecule has 0 amide bonds. The van der Waals surface area contributed by atoms with Crippen LogP contribution in [0.2, 0.25) is 0 Å². The highest BCUT2D eigenvalue weighted by molar-refractivity contribution is 5.83.